The smallest absolute Gasteiger partial charge is 0.0499 e. The fourth-order valence-corrected chi connectivity index (χ4v) is 3.19. The first-order valence-corrected chi connectivity index (χ1v) is 6.17. The fourth-order valence-electron chi connectivity index (χ4n) is 3.19. The summed E-state index contributed by atoms with van der Waals surface area (Å²) >= 11 is 0. The van der Waals surface area contributed by atoms with Crippen LogP contribution >= 0.6 is 0 Å². The van der Waals surface area contributed by atoms with Crippen molar-refractivity contribution in [2.75, 3.05) is 0 Å². The number of fused-ring (bicyclic) bond motifs is 2. The lowest BCUT2D eigenvalue weighted by atomic mass is 9.95. The molecule has 76 valence electrons. The van der Waals surface area contributed by atoms with Gasteiger partial charge in [0.05, 0.1) is 0 Å². The lowest BCUT2D eigenvalue weighted by Gasteiger charge is -2.20. The van der Waals surface area contributed by atoms with Gasteiger partial charge in [0.25, 0.3) is 0 Å². The molecule has 0 saturated heterocycles. The van der Waals surface area contributed by atoms with E-state index in [9.17, 15) is 0 Å². The lowest BCUT2D eigenvalue weighted by Crippen LogP contribution is -2.15. The average molecular weight is 189 g/mol. The topological polar surface area (TPSA) is 12.4 Å². The average Bonchev–Trinajstić information content (AvgIpc) is 2.81. The summed E-state index contributed by atoms with van der Waals surface area (Å²) in [6, 6.07) is 0.687. The van der Waals surface area contributed by atoms with Gasteiger partial charge in [-0.25, -0.2) is 0 Å². The molecule has 0 amide bonds. The second kappa shape index (κ2) is 3.52. The summed E-state index contributed by atoms with van der Waals surface area (Å²) in [5.74, 6) is 1.59. The van der Waals surface area contributed by atoms with Crippen LogP contribution in [0.15, 0.2) is 17.1 Å². The molecule has 14 heavy (non-hydrogen) atoms. The molecule has 0 aromatic rings. The van der Waals surface area contributed by atoms with Crippen LogP contribution in [-0.2, 0) is 0 Å². The van der Waals surface area contributed by atoms with E-state index < -0.39 is 0 Å². The van der Waals surface area contributed by atoms with Crippen LogP contribution in [0.3, 0.4) is 0 Å². The highest BCUT2D eigenvalue weighted by Gasteiger charge is 2.32. The Morgan fingerprint density at radius 1 is 1.07 bits per heavy atom. The minimum Gasteiger partial charge on any atom is -0.290 e. The Balaban J connectivity index is 1.69. The quantitative estimate of drug-likeness (QED) is 0.561. The molecule has 0 radical (unpaired) electrons. The Morgan fingerprint density at radius 2 is 1.93 bits per heavy atom. The zero-order chi connectivity index (χ0) is 9.38. The normalized spacial score (nSPS) is 39.9. The van der Waals surface area contributed by atoms with Gasteiger partial charge in [0.1, 0.15) is 0 Å². The predicted octanol–water partition coefficient (Wildman–Crippen LogP) is 3.36. The highest BCUT2D eigenvalue weighted by atomic mass is 14.8. The standard InChI is InChI=1S/C13H19N/c1-2-4-12(5-3-1)14-13-9-10-6-7-11(13)8-10/h6-7,10-12H,1-5,8-9H2. The maximum Gasteiger partial charge on any atom is 0.0499 e. The first-order valence-electron chi connectivity index (χ1n) is 6.17. The van der Waals surface area contributed by atoms with E-state index in [0.29, 0.717) is 6.04 Å². The molecule has 1 nitrogen and oxygen atoms in total. The van der Waals surface area contributed by atoms with Crippen LogP contribution < -0.4 is 0 Å². The maximum atomic E-state index is 4.98. The van der Waals surface area contributed by atoms with E-state index in [1.165, 1.54) is 50.7 Å². The Labute approximate surface area is 86.3 Å². The van der Waals surface area contributed by atoms with Crippen LogP contribution in [0, 0.1) is 11.8 Å². The SMILES string of the molecule is C1=CC2CC1CC2=NC1CCCCC1. The summed E-state index contributed by atoms with van der Waals surface area (Å²) in [6.07, 6.45) is 14.4. The maximum absolute atomic E-state index is 4.98. The summed E-state index contributed by atoms with van der Waals surface area (Å²) in [5.41, 5.74) is 1.53. The summed E-state index contributed by atoms with van der Waals surface area (Å²) in [5, 5.41) is 0. The van der Waals surface area contributed by atoms with Gasteiger partial charge in [0, 0.05) is 17.7 Å². The largest absolute Gasteiger partial charge is 0.290 e. The Kier molecular flexibility index (Phi) is 2.19. The van der Waals surface area contributed by atoms with Gasteiger partial charge in [-0.2, -0.15) is 0 Å². The van der Waals surface area contributed by atoms with Crippen molar-refractivity contribution >= 4 is 5.71 Å². The third-order valence-corrected chi connectivity index (χ3v) is 3.99. The molecule has 0 aromatic carbocycles. The first-order chi connectivity index (χ1) is 6.92. The highest BCUT2D eigenvalue weighted by Crippen LogP contribution is 2.37. The number of hydrogen-bond donors (Lipinski definition) is 0. The van der Waals surface area contributed by atoms with Crippen molar-refractivity contribution in [1.29, 1.82) is 0 Å². The van der Waals surface area contributed by atoms with Crippen LogP contribution in [0.5, 0.6) is 0 Å². The van der Waals surface area contributed by atoms with Gasteiger partial charge < -0.3 is 0 Å². The van der Waals surface area contributed by atoms with Crippen molar-refractivity contribution in [3.8, 4) is 0 Å². The second-order valence-corrected chi connectivity index (χ2v) is 5.10. The molecule has 0 heterocycles. The number of aliphatic imine (C=N–C) groups is 1. The molecule has 3 rings (SSSR count). The summed E-state index contributed by atoms with van der Waals surface area (Å²) in [6.45, 7) is 0. The van der Waals surface area contributed by atoms with Crippen LogP contribution in [0.1, 0.15) is 44.9 Å². The molecule has 0 aliphatic heterocycles. The van der Waals surface area contributed by atoms with Gasteiger partial charge in [0.15, 0.2) is 0 Å². The molecule has 1 heteroatoms. The van der Waals surface area contributed by atoms with Gasteiger partial charge in [0.2, 0.25) is 0 Å². The van der Waals surface area contributed by atoms with E-state index in [1.54, 1.807) is 0 Å². The summed E-state index contributed by atoms with van der Waals surface area (Å²) < 4.78 is 0. The molecule has 0 N–H and O–H groups in total. The Morgan fingerprint density at radius 3 is 2.57 bits per heavy atom. The van der Waals surface area contributed by atoms with Gasteiger partial charge in [-0.3, -0.25) is 4.99 Å². The molecule has 0 aromatic heterocycles. The Bertz CT molecular complexity index is 271. The van der Waals surface area contributed by atoms with E-state index in [2.05, 4.69) is 12.2 Å². The fraction of sp³-hybridized carbons (Fsp3) is 0.769. The van der Waals surface area contributed by atoms with Crippen molar-refractivity contribution in [2.45, 2.75) is 51.0 Å². The molecule has 2 atom stereocenters. The first kappa shape index (κ1) is 8.70. The zero-order valence-corrected chi connectivity index (χ0v) is 8.78. The Hall–Kier alpha value is -0.590. The molecule has 3 aliphatic rings. The predicted molar refractivity (Wildman–Crippen MR) is 59.7 cm³/mol. The number of rotatable bonds is 1. The van der Waals surface area contributed by atoms with E-state index in [1.807, 2.05) is 0 Å². The van der Waals surface area contributed by atoms with Gasteiger partial charge in [-0.05, 0) is 31.6 Å². The van der Waals surface area contributed by atoms with E-state index >= 15 is 0 Å². The van der Waals surface area contributed by atoms with Crippen molar-refractivity contribution in [3.05, 3.63) is 12.2 Å². The number of hydrogen-bond acceptors (Lipinski definition) is 1. The summed E-state index contributed by atoms with van der Waals surface area (Å²) in [4.78, 5) is 4.98. The van der Waals surface area contributed by atoms with Crippen LogP contribution in [0.4, 0.5) is 0 Å². The van der Waals surface area contributed by atoms with Crippen LogP contribution in [0.25, 0.3) is 0 Å². The van der Waals surface area contributed by atoms with E-state index in [-0.39, 0.29) is 0 Å². The molecule has 3 aliphatic carbocycles. The minimum atomic E-state index is 0.687. The van der Waals surface area contributed by atoms with Crippen LogP contribution in [0.2, 0.25) is 0 Å². The minimum absolute atomic E-state index is 0.687. The third-order valence-electron chi connectivity index (χ3n) is 3.99. The monoisotopic (exact) mass is 189 g/mol. The van der Waals surface area contributed by atoms with E-state index in [4.69, 9.17) is 4.99 Å². The molecule has 2 saturated carbocycles. The molecule has 2 fully saturated rings. The molecule has 0 spiro atoms. The number of allylic oxidation sites excluding steroid dienone is 2. The van der Waals surface area contributed by atoms with Crippen molar-refractivity contribution in [2.24, 2.45) is 16.8 Å². The van der Waals surface area contributed by atoms with Crippen molar-refractivity contribution in [3.63, 3.8) is 0 Å². The molecular weight excluding hydrogens is 170 g/mol. The third kappa shape index (κ3) is 1.53. The molecule has 2 unspecified atom stereocenters. The molecular formula is C13H19N. The lowest BCUT2D eigenvalue weighted by molar-refractivity contribution is 0.442. The van der Waals surface area contributed by atoms with Gasteiger partial charge in [-0.1, -0.05) is 31.4 Å². The zero-order valence-electron chi connectivity index (χ0n) is 8.78. The second-order valence-electron chi connectivity index (χ2n) is 5.10. The van der Waals surface area contributed by atoms with Gasteiger partial charge in [-0.15, -0.1) is 0 Å². The van der Waals surface area contributed by atoms with Crippen molar-refractivity contribution in [1.82, 2.24) is 0 Å². The van der Waals surface area contributed by atoms with Crippen molar-refractivity contribution < 1.29 is 0 Å². The summed E-state index contributed by atoms with van der Waals surface area (Å²) in [7, 11) is 0. The molecule has 2 bridgehead atoms. The van der Waals surface area contributed by atoms with E-state index in [0.717, 1.165) is 11.8 Å². The van der Waals surface area contributed by atoms with Gasteiger partial charge >= 0.3 is 0 Å². The highest BCUT2D eigenvalue weighted by molar-refractivity contribution is 5.92. The number of nitrogens with zero attached hydrogens (tertiary/aromatic N) is 1. The van der Waals surface area contributed by atoms with Crippen LogP contribution in [-0.4, -0.2) is 11.8 Å².